The van der Waals surface area contributed by atoms with Crippen molar-refractivity contribution in [3.05, 3.63) is 100 Å². The molecule has 11 heteroatoms. The number of unbranched alkanes of at least 4 members (excludes halogenated alkanes) is 1. The van der Waals surface area contributed by atoms with E-state index in [2.05, 4.69) is 43.9 Å². The fourth-order valence-corrected chi connectivity index (χ4v) is 6.11. The summed E-state index contributed by atoms with van der Waals surface area (Å²) in [6.07, 6.45) is 0.196. The predicted octanol–water partition coefficient (Wildman–Crippen LogP) is 8.58. The lowest BCUT2D eigenvalue weighted by molar-refractivity contribution is -0.138. The topological polar surface area (TPSA) is 88.0 Å². The van der Waals surface area contributed by atoms with Crippen LogP contribution in [0.2, 0.25) is 0 Å². The van der Waals surface area contributed by atoms with E-state index in [1.54, 1.807) is 25.4 Å². The summed E-state index contributed by atoms with van der Waals surface area (Å²) in [5.41, 5.74) is 6.35. The Morgan fingerprint density at radius 1 is 0.960 bits per heavy atom. The van der Waals surface area contributed by atoms with Crippen LogP contribution in [0.3, 0.4) is 0 Å². The number of aryl methyl sites for hydroxylation is 2. The van der Waals surface area contributed by atoms with Crippen molar-refractivity contribution < 1.29 is 32.5 Å². The number of aliphatic carboxylic acids is 1. The standard InChI is InChI=1S/C39H45F3N4O4/c1-26(2)30-9-8-28(4)36(21-30)35-11-10-34(50-14-6-5-7-37(47)48)20-31(35)25-46(24-29-17-27(3)18-32(19-29)39(40,41)42)38-43-22-33(23-44-38)45-12-15-49-16-13-45/h8-11,17-23,26H,5-7,12-16,24-25H2,1-4H3,(H,47,48). The molecule has 0 bridgehead atoms. The number of alkyl halides is 3. The molecule has 1 aliphatic heterocycles. The number of benzene rings is 3. The number of aromatic nitrogens is 2. The first kappa shape index (κ1) is 36.6. The van der Waals surface area contributed by atoms with Crippen LogP contribution in [0.4, 0.5) is 24.8 Å². The molecule has 0 saturated carbocycles. The minimum atomic E-state index is -4.48. The number of nitrogens with zero attached hydrogens (tertiary/aromatic N) is 4. The maximum Gasteiger partial charge on any atom is 0.416 e. The lowest BCUT2D eigenvalue weighted by Crippen LogP contribution is -2.36. The van der Waals surface area contributed by atoms with Crippen LogP contribution in [0.25, 0.3) is 11.1 Å². The van der Waals surface area contributed by atoms with E-state index in [4.69, 9.17) is 24.5 Å². The number of ether oxygens (including phenoxy) is 2. The monoisotopic (exact) mass is 690 g/mol. The molecule has 1 aromatic heterocycles. The molecule has 1 fully saturated rings. The van der Waals surface area contributed by atoms with Crippen LogP contribution in [0, 0.1) is 13.8 Å². The van der Waals surface area contributed by atoms with E-state index in [1.165, 1.54) is 11.6 Å². The third-order valence-electron chi connectivity index (χ3n) is 8.83. The number of halogens is 3. The molecule has 1 N–H and O–H groups in total. The quantitative estimate of drug-likeness (QED) is 0.132. The van der Waals surface area contributed by atoms with Crippen molar-refractivity contribution in [3.63, 3.8) is 0 Å². The Kier molecular flexibility index (Phi) is 12.0. The third kappa shape index (κ3) is 9.74. The smallest absolute Gasteiger partial charge is 0.416 e. The van der Waals surface area contributed by atoms with Gasteiger partial charge in [0.05, 0.1) is 43.5 Å². The van der Waals surface area contributed by atoms with Gasteiger partial charge in [-0.2, -0.15) is 13.2 Å². The van der Waals surface area contributed by atoms with Gasteiger partial charge in [-0.25, -0.2) is 9.97 Å². The summed E-state index contributed by atoms with van der Waals surface area (Å²) < 4.78 is 53.2. The zero-order valence-electron chi connectivity index (χ0n) is 29.1. The molecule has 50 heavy (non-hydrogen) atoms. The second kappa shape index (κ2) is 16.4. The van der Waals surface area contributed by atoms with E-state index in [0.29, 0.717) is 61.4 Å². The van der Waals surface area contributed by atoms with E-state index in [9.17, 15) is 18.0 Å². The van der Waals surface area contributed by atoms with Crippen LogP contribution >= 0.6 is 0 Å². The average Bonchev–Trinajstić information content (AvgIpc) is 3.08. The largest absolute Gasteiger partial charge is 0.494 e. The molecular weight excluding hydrogens is 645 g/mol. The third-order valence-corrected chi connectivity index (χ3v) is 8.83. The van der Waals surface area contributed by atoms with Crippen LogP contribution in [0.1, 0.15) is 72.4 Å². The van der Waals surface area contributed by atoms with Crippen molar-refractivity contribution in [1.29, 1.82) is 0 Å². The van der Waals surface area contributed by atoms with Crippen molar-refractivity contribution in [2.75, 3.05) is 42.7 Å². The molecule has 0 spiro atoms. The van der Waals surface area contributed by atoms with Gasteiger partial charge in [0, 0.05) is 32.6 Å². The van der Waals surface area contributed by atoms with Crippen molar-refractivity contribution in [1.82, 2.24) is 9.97 Å². The van der Waals surface area contributed by atoms with Gasteiger partial charge < -0.3 is 24.4 Å². The van der Waals surface area contributed by atoms with Gasteiger partial charge >= 0.3 is 12.1 Å². The molecule has 0 atom stereocenters. The fourth-order valence-electron chi connectivity index (χ4n) is 6.11. The summed E-state index contributed by atoms with van der Waals surface area (Å²) in [4.78, 5) is 24.5. The number of carboxylic acids is 1. The molecule has 5 rings (SSSR count). The first-order valence-corrected chi connectivity index (χ1v) is 17.0. The Labute approximate surface area is 291 Å². The Morgan fingerprint density at radius 2 is 1.70 bits per heavy atom. The first-order valence-electron chi connectivity index (χ1n) is 17.0. The van der Waals surface area contributed by atoms with Crippen molar-refractivity contribution >= 4 is 17.6 Å². The molecular formula is C39H45F3N4O4. The van der Waals surface area contributed by atoms with Gasteiger partial charge in [0.1, 0.15) is 5.75 Å². The maximum atomic E-state index is 13.9. The van der Waals surface area contributed by atoms with Gasteiger partial charge in [-0.1, -0.05) is 49.7 Å². The number of hydrogen-bond acceptors (Lipinski definition) is 7. The summed E-state index contributed by atoms with van der Waals surface area (Å²) in [6, 6.07) is 16.4. The summed E-state index contributed by atoms with van der Waals surface area (Å²) in [5.74, 6) is 0.475. The van der Waals surface area contributed by atoms with Gasteiger partial charge in [0.2, 0.25) is 5.95 Å². The highest BCUT2D eigenvalue weighted by molar-refractivity contribution is 5.73. The van der Waals surface area contributed by atoms with Crippen LogP contribution in [0.5, 0.6) is 5.75 Å². The minimum Gasteiger partial charge on any atom is -0.494 e. The molecule has 3 aromatic carbocycles. The van der Waals surface area contributed by atoms with Gasteiger partial charge in [0.25, 0.3) is 0 Å². The average molecular weight is 691 g/mol. The highest BCUT2D eigenvalue weighted by Crippen LogP contribution is 2.35. The lowest BCUT2D eigenvalue weighted by Gasteiger charge is -2.29. The minimum absolute atomic E-state index is 0.0767. The van der Waals surface area contributed by atoms with Gasteiger partial charge in [-0.05, 0) is 90.3 Å². The van der Waals surface area contributed by atoms with Crippen molar-refractivity contribution in [2.24, 2.45) is 0 Å². The van der Waals surface area contributed by atoms with Gasteiger partial charge in [-0.15, -0.1) is 0 Å². The summed E-state index contributed by atoms with van der Waals surface area (Å²) in [6.45, 7) is 11.4. The van der Waals surface area contributed by atoms with Crippen LogP contribution in [-0.4, -0.2) is 54.0 Å². The van der Waals surface area contributed by atoms with Crippen molar-refractivity contribution in [3.8, 4) is 16.9 Å². The number of carboxylic acid groups (broad SMARTS) is 1. The molecule has 0 radical (unpaired) electrons. The number of carbonyl (C=O) groups is 1. The molecule has 0 unspecified atom stereocenters. The summed E-state index contributed by atoms with van der Waals surface area (Å²) in [7, 11) is 0. The second-order valence-electron chi connectivity index (χ2n) is 13.1. The van der Waals surface area contributed by atoms with Crippen molar-refractivity contribution in [2.45, 2.75) is 72.1 Å². The van der Waals surface area contributed by atoms with Crippen LogP contribution in [-0.2, 0) is 28.8 Å². The van der Waals surface area contributed by atoms with Gasteiger partial charge in [0.15, 0.2) is 0 Å². The predicted molar refractivity (Wildman–Crippen MR) is 189 cm³/mol. The second-order valence-corrected chi connectivity index (χ2v) is 13.1. The molecule has 4 aromatic rings. The van der Waals surface area contributed by atoms with E-state index in [-0.39, 0.29) is 19.5 Å². The summed E-state index contributed by atoms with van der Waals surface area (Å²) >= 11 is 0. The fraction of sp³-hybridized carbons (Fsp3) is 0.410. The molecule has 0 amide bonds. The Bertz CT molecular complexity index is 1760. The molecule has 8 nitrogen and oxygen atoms in total. The van der Waals surface area contributed by atoms with E-state index >= 15 is 0 Å². The number of hydrogen-bond donors (Lipinski definition) is 1. The zero-order valence-corrected chi connectivity index (χ0v) is 29.1. The van der Waals surface area contributed by atoms with E-state index in [1.807, 2.05) is 23.1 Å². The van der Waals surface area contributed by atoms with E-state index < -0.39 is 17.7 Å². The molecule has 0 aliphatic carbocycles. The Hall–Kier alpha value is -4.64. The Balaban J connectivity index is 1.55. The molecule has 266 valence electrons. The van der Waals surface area contributed by atoms with E-state index in [0.717, 1.165) is 47.1 Å². The maximum absolute atomic E-state index is 13.9. The number of morpholine rings is 1. The number of rotatable bonds is 14. The van der Waals surface area contributed by atoms with Gasteiger partial charge in [-0.3, -0.25) is 4.79 Å². The normalized spacial score (nSPS) is 13.5. The lowest BCUT2D eigenvalue weighted by atomic mass is 9.91. The highest BCUT2D eigenvalue weighted by Gasteiger charge is 2.31. The first-order chi connectivity index (χ1) is 23.9. The highest BCUT2D eigenvalue weighted by atomic mass is 19.4. The Morgan fingerprint density at radius 3 is 2.38 bits per heavy atom. The number of anilines is 2. The zero-order chi connectivity index (χ0) is 35.8. The van der Waals surface area contributed by atoms with Crippen LogP contribution in [0.15, 0.2) is 67.0 Å². The van der Waals surface area contributed by atoms with Crippen LogP contribution < -0.4 is 14.5 Å². The molecule has 1 saturated heterocycles. The summed E-state index contributed by atoms with van der Waals surface area (Å²) in [5, 5.41) is 9.00. The SMILES string of the molecule is Cc1cc(CN(Cc2cc(OCCCCC(=O)O)ccc2-c2cc(C(C)C)ccc2C)c2ncc(N3CCOCC3)cn2)cc(C(F)(F)F)c1. The molecule has 2 heterocycles. The molecule has 1 aliphatic rings.